The maximum atomic E-state index is 9.61. The first-order chi connectivity index (χ1) is 12.1. The molecule has 6 heteroatoms. The second kappa shape index (κ2) is 6.11. The summed E-state index contributed by atoms with van der Waals surface area (Å²) in [5, 5.41) is 14.7. The zero-order valence-corrected chi connectivity index (χ0v) is 14.1. The molecule has 0 spiro atoms. The highest BCUT2D eigenvalue weighted by atomic mass is 35.5. The Labute approximate surface area is 149 Å². The van der Waals surface area contributed by atoms with E-state index in [0.29, 0.717) is 22.3 Å². The van der Waals surface area contributed by atoms with Gasteiger partial charge >= 0.3 is 0 Å². The number of imidazole rings is 1. The summed E-state index contributed by atoms with van der Waals surface area (Å²) >= 11 is 5.99. The van der Waals surface area contributed by atoms with Gasteiger partial charge in [-0.1, -0.05) is 17.7 Å². The zero-order chi connectivity index (χ0) is 17.4. The Kier molecular flexibility index (Phi) is 3.78. The summed E-state index contributed by atoms with van der Waals surface area (Å²) in [7, 11) is 0. The van der Waals surface area contributed by atoms with Crippen LogP contribution in [-0.4, -0.2) is 19.7 Å². The van der Waals surface area contributed by atoms with Crippen LogP contribution in [0.2, 0.25) is 5.02 Å². The van der Waals surface area contributed by atoms with Crippen molar-refractivity contribution in [3.8, 4) is 28.6 Å². The summed E-state index contributed by atoms with van der Waals surface area (Å²) in [4.78, 5) is 4.38. The highest BCUT2D eigenvalue weighted by Gasteiger charge is 2.11. The van der Waals surface area contributed by atoms with Gasteiger partial charge in [-0.2, -0.15) is 0 Å². The summed E-state index contributed by atoms with van der Waals surface area (Å²) in [6.45, 7) is 1.93. The third-order valence-electron chi connectivity index (χ3n) is 3.84. The number of hydrogen-bond donors (Lipinski definition) is 1. The third kappa shape index (κ3) is 3.02. The fourth-order valence-electron chi connectivity index (χ4n) is 2.68. The molecule has 5 nitrogen and oxygen atoms in total. The largest absolute Gasteiger partial charge is 0.508 e. The molecule has 0 aliphatic carbocycles. The predicted octanol–water partition coefficient (Wildman–Crippen LogP) is 4.86. The lowest BCUT2D eigenvalue weighted by Gasteiger charge is -2.08. The number of ether oxygens (including phenoxy) is 1. The molecule has 0 fully saturated rings. The van der Waals surface area contributed by atoms with Crippen LogP contribution in [0.5, 0.6) is 17.4 Å². The summed E-state index contributed by atoms with van der Waals surface area (Å²) in [6, 6.07) is 16.0. The number of fused-ring (bicyclic) bond motifs is 1. The maximum Gasteiger partial charge on any atom is 0.237 e. The molecule has 0 atom stereocenters. The molecule has 4 rings (SSSR count). The Morgan fingerprint density at radius 2 is 1.96 bits per heavy atom. The van der Waals surface area contributed by atoms with Gasteiger partial charge in [-0.15, -0.1) is 5.10 Å². The van der Waals surface area contributed by atoms with E-state index in [-0.39, 0.29) is 5.75 Å². The van der Waals surface area contributed by atoms with Crippen LogP contribution in [0.1, 0.15) is 5.56 Å². The molecule has 0 unspecified atom stereocenters. The van der Waals surface area contributed by atoms with E-state index in [9.17, 15) is 5.11 Å². The number of nitrogens with zero attached hydrogens (tertiary/aromatic N) is 3. The second-order valence-electron chi connectivity index (χ2n) is 5.64. The molecule has 2 aromatic carbocycles. The van der Waals surface area contributed by atoms with Crippen LogP contribution >= 0.6 is 11.6 Å². The average molecular weight is 352 g/mol. The van der Waals surface area contributed by atoms with Crippen LogP contribution in [0.25, 0.3) is 16.9 Å². The SMILES string of the molecule is Cc1cc(O)ccc1-c1cnc2ccc(Oc3cccc(Cl)c3)nn12. The standard InChI is InChI=1S/C19H14ClN3O2/c1-12-9-14(24)5-6-16(12)17-11-21-18-7-8-19(22-23(17)18)25-15-4-2-3-13(20)10-15/h2-11,24H,1H3. The van der Waals surface area contributed by atoms with Gasteiger partial charge in [0, 0.05) is 16.7 Å². The van der Waals surface area contributed by atoms with Crippen molar-refractivity contribution in [2.45, 2.75) is 6.92 Å². The van der Waals surface area contributed by atoms with E-state index in [1.807, 2.05) is 31.2 Å². The monoisotopic (exact) mass is 351 g/mol. The van der Waals surface area contributed by atoms with E-state index < -0.39 is 0 Å². The number of rotatable bonds is 3. The molecule has 4 aromatic rings. The molecular formula is C19H14ClN3O2. The van der Waals surface area contributed by atoms with Crippen LogP contribution in [0, 0.1) is 6.92 Å². The van der Waals surface area contributed by atoms with Crippen molar-refractivity contribution in [1.29, 1.82) is 0 Å². The molecule has 0 amide bonds. The number of hydrogen-bond acceptors (Lipinski definition) is 4. The van der Waals surface area contributed by atoms with Gasteiger partial charge in [-0.25, -0.2) is 9.50 Å². The third-order valence-corrected chi connectivity index (χ3v) is 4.08. The number of benzene rings is 2. The van der Waals surface area contributed by atoms with Crippen LogP contribution in [-0.2, 0) is 0 Å². The minimum Gasteiger partial charge on any atom is -0.508 e. The first-order valence-corrected chi connectivity index (χ1v) is 8.06. The molecule has 0 radical (unpaired) electrons. The molecule has 0 aliphatic heterocycles. The Morgan fingerprint density at radius 3 is 2.76 bits per heavy atom. The van der Waals surface area contributed by atoms with Gasteiger partial charge in [-0.3, -0.25) is 0 Å². The molecular weight excluding hydrogens is 338 g/mol. The van der Waals surface area contributed by atoms with Crippen LogP contribution in [0.4, 0.5) is 0 Å². The lowest BCUT2D eigenvalue weighted by Crippen LogP contribution is -1.98. The fourth-order valence-corrected chi connectivity index (χ4v) is 2.86. The van der Waals surface area contributed by atoms with E-state index >= 15 is 0 Å². The van der Waals surface area contributed by atoms with Crippen molar-refractivity contribution in [3.05, 3.63) is 71.4 Å². The predicted molar refractivity (Wildman–Crippen MR) is 96.4 cm³/mol. The van der Waals surface area contributed by atoms with Gasteiger partial charge in [0.1, 0.15) is 11.5 Å². The van der Waals surface area contributed by atoms with Crippen molar-refractivity contribution < 1.29 is 9.84 Å². The molecule has 2 heterocycles. The van der Waals surface area contributed by atoms with Gasteiger partial charge < -0.3 is 9.84 Å². The molecule has 0 aliphatic rings. The second-order valence-corrected chi connectivity index (χ2v) is 6.08. The number of aryl methyl sites for hydroxylation is 1. The number of aromatic nitrogens is 3. The minimum atomic E-state index is 0.230. The summed E-state index contributed by atoms with van der Waals surface area (Å²) in [6.07, 6.45) is 1.75. The first-order valence-electron chi connectivity index (χ1n) is 7.68. The van der Waals surface area contributed by atoms with Gasteiger partial charge in [0.2, 0.25) is 5.88 Å². The quantitative estimate of drug-likeness (QED) is 0.573. The summed E-state index contributed by atoms with van der Waals surface area (Å²) < 4.78 is 7.51. The molecule has 0 bridgehead atoms. The maximum absolute atomic E-state index is 9.61. The van der Waals surface area contributed by atoms with Gasteiger partial charge in [-0.05, 0) is 55.0 Å². The molecule has 124 valence electrons. The van der Waals surface area contributed by atoms with Crippen molar-refractivity contribution in [1.82, 2.24) is 14.6 Å². The van der Waals surface area contributed by atoms with Crippen molar-refractivity contribution in [2.24, 2.45) is 0 Å². The Bertz CT molecular complexity index is 1080. The Hall–Kier alpha value is -3.05. The van der Waals surface area contributed by atoms with Crippen molar-refractivity contribution in [2.75, 3.05) is 0 Å². The van der Waals surface area contributed by atoms with Gasteiger partial charge in [0.15, 0.2) is 5.65 Å². The lowest BCUT2D eigenvalue weighted by molar-refractivity contribution is 0.453. The van der Waals surface area contributed by atoms with E-state index in [4.69, 9.17) is 16.3 Å². The fraction of sp³-hybridized carbons (Fsp3) is 0.0526. The topological polar surface area (TPSA) is 59.7 Å². The number of phenols is 1. The lowest BCUT2D eigenvalue weighted by atomic mass is 10.1. The van der Waals surface area contributed by atoms with Gasteiger partial charge in [0.05, 0.1) is 11.9 Å². The zero-order valence-electron chi connectivity index (χ0n) is 13.3. The normalized spacial score (nSPS) is 11.0. The van der Waals surface area contributed by atoms with Crippen molar-refractivity contribution in [3.63, 3.8) is 0 Å². The van der Waals surface area contributed by atoms with Crippen LogP contribution < -0.4 is 4.74 Å². The molecule has 0 saturated carbocycles. The highest BCUT2D eigenvalue weighted by molar-refractivity contribution is 6.30. The van der Waals surface area contributed by atoms with Crippen LogP contribution in [0.3, 0.4) is 0 Å². The Morgan fingerprint density at radius 1 is 1.08 bits per heavy atom. The molecule has 2 aromatic heterocycles. The number of halogens is 1. The van der Waals surface area contributed by atoms with E-state index in [1.165, 1.54) is 0 Å². The summed E-state index contributed by atoms with van der Waals surface area (Å²) in [5.74, 6) is 1.28. The number of phenolic OH excluding ortho intramolecular Hbond substituents is 1. The smallest absolute Gasteiger partial charge is 0.237 e. The molecule has 1 N–H and O–H groups in total. The highest BCUT2D eigenvalue weighted by Crippen LogP contribution is 2.28. The minimum absolute atomic E-state index is 0.230. The number of aromatic hydroxyl groups is 1. The van der Waals surface area contributed by atoms with Crippen LogP contribution in [0.15, 0.2) is 60.8 Å². The van der Waals surface area contributed by atoms with E-state index in [2.05, 4.69) is 10.1 Å². The molecule has 25 heavy (non-hydrogen) atoms. The van der Waals surface area contributed by atoms with E-state index in [1.54, 1.807) is 41.0 Å². The van der Waals surface area contributed by atoms with E-state index in [0.717, 1.165) is 16.8 Å². The Balaban J connectivity index is 1.77. The summed E-state index contributed by atoms with van der Waals surface area (Å²) in [5.41, 5.74) is 3.41. The van der Waals surface area contributed by atoms with Crippen molar-refractivity contribution >= 4 is 17.2 Å². The van der Waals surface area contributed by atoms with Gasteiger partial charge in [0.25, 0.3) is 0 Å². The molecule has 0 saturated heterocycles. The average Bonchev–Trinajstić information content (AvgIpc) is 2.98. The first kappa shape index (κ1) is 15.5.